The van der Waals surface area contributed by atoms with E-state index < -0.39 is 14.9 Å². The van der Waals surface area contributed by atoms with Crippen LogP contribution in [0, 0.1) is 10.1 Å². The minimum absolute atomic E-state index is 0.00535. The van der Waals surface area contributed by atoms with Crippen molar-refractivity contribution in [2.75, 3.05) is 64.8 Å². The predicted octanol–water partition coefficient (Wildman–Crippen LogP) is 0.590. The van der Waals surface area contributed by atoms with Crippen LogP contribution in [-0.2, 0) is 14.8 Å². The van der Waals surface area contributed by atoms with Crippen LogP contribution in [0.2, 0.25) is 0 Å². The van der Waals surface area contributed by atoms with E-state index in [-0.39, 0.29) is 28.7 Å². The molecule has 2 heterocycles. The van der Waals surface area contributed by atoms with Gasteiger partial charge in [0.15, 0.2) is 0 Å². The van der Waals surface area contributed by atoms with E-state index in [1.54, 1.807) is 11.9 Å². The molecule has 1 aromatic carbocycles. The SMILES string of the molecule is CN1CCN(S(=O)(=O)c2ccc(N(C)CC(=O)N3CCCC3)c([N+](=O)[O-])c2)CC1. The molecule has 0 aliphatic carbocycles. The number of nitro groups is 1. The van der Waals surface area contributed by atoms with Crippen molar-refractivity contribution >= 4 is 27.3 Å². The molecule has 160 valence electrons. The van der Waals surface area contributed by atoms with E-state index in [4.69, 9.17) is 0 Å². The molecule has 2 aliphatic rings. The van der Waals surface area contributed by atoms with Crippen LogP contribution in [0.5, 0.6) is 0 Å². The summed E-state index contributed by atoms with van der Waals surface area (Å²) in [5, 5.41) is 11.6. The number of anilines is 1. The third-order valence-electron chi connectivity index (χ3n) is 5.49. The van der Waals surface area contributed by atoms with E-state index in [0.29, 0.717) is 39.3 Å². The van der Waals surface area contributed by atoms with Gasteiger partial charge in [-0.15, -0.1) is 0 Å². The third kappa shape index (κ3) is 4.68. The summed E-state index contributed by atoms with van der Waals surface area (Å²) in [5.41, 5.74) is -0.100. The summed E-state index contributed by atoms with van der Waals surface area (Å²) in [6.45, 7) is 3.33. The second-order valence-electron chi connectivity index (χ2n) is 7.56. The van der Waals surface area contributed by atoms with Crippen LogP contribution >= 0.6 is 0 Å². The zero-order valence-corrected chi connectivity index (χ0v) is 17.6. The summed E-state index contributed by atoms with van der Waals surface area (Å²) in [6.07, 6.45) is 1.93. The maximum atomic E-state index is 12.9. The fourth-order valence-electron chi connectivity index (χ4n) is 3.66. The molecule has 1 aromatic rings. The maximum Gasteiger partial charge on any atom is 0.293 e. The zero-order valence-electron chi connectivity index (χ0n) is 16.8. The minimum atomic E-state index is -3.81. The summed E-state index contributed by atoms with van der Waals surface area (Å²) in [6, 6.07) is 3.89. The molecule has 29 heavy (non-hydrogen) atoms. The fourth-order valence-corrected chi connectivity index (χ4v) is 5.11. The zero-order chi connectivity index (χ0) is 21.2. The highest BCUT2D eigenvalue weighted by molar-refractivity contribution is 7.89. The van der Waals surface area contributed by atoms with Gasteiger partial charge < -0.3 is 14.7 Å². The van der Waals surface area contributed by atoms with Crippen LogP contribution in [0.4, 0.5) is 11.4 Å². The summed E-state index contributed by atoms with van der Waals surface area (Å²) < 4.78 is 27.2. The van der Waals surface area contributed by atoms with Crippen LogP contribution in [0.1, 0.15) is 12.8 Å². The first-order chi connectivity index (χ1) is 13.7. The standard InChI is InChI=1S/C18H27N5O5S/c1-19-9-11-22(12-10-19)29(27,28)15-5-6-16(17(13-15)23(25)26)20(2)14-18(24)21-7-3-4-8-21/h5-6,13H,3-4,7-12,14H2,1-2H3. The number of nitro benzene ring substituents is 1. The Kier molecular flexibility index (Phi) is 6.39. The monoisotopic (exact) mass is 425 g/mol. The molecule has 3 rings (SSSR count). The van der Waals surface area contributed by atoms with Crippen molar-refractivity contribution in [1.82, 2.24) is 14.1 Å². The first-order valence-corrected chi connectivity index (χ1v) is 11.1. The van der Waals surface area contributed by atoms with Gasteiger partial charge in [-0.3, -0.25) is 14.9 Å². The van der Waals surface area contributed by atoms with Crippen molar-refractivity contribution in [2.24, 2.45) is 0 Å². The average molecular weight is 426 g/mol. The molecule has 11 heteroatoms. The van der Waals surface area contributed by atoms with Gasteiger partial charge in [0.05, 0.1) is 16.4 Å². The van der Waals surface area contributed by atoms with E-state index in [1.807, 2.05) is 11.9 Å². The number of carbonyl (C=O) groups excluding carboxylic acids is 1. The van der Waals surface area contributed by atoms with E-state index in [9.17, 15) is 23.3 Å². The van der Waals surface area contributed by atoms with E-state index >= 15 is 0 Å². The first kappa shape index (κ1) is 21.5. The normalized spacial score (nSPS) is 18.8. The maximum absolute atomic E-state index is 12.9. The fraction of sp³-hybridized carbons (Fsp3) is 0.611. The average Bonchev–Trinajstić information content (AvgIpc) is 3.22. The number of sulfonamides is 1. The lowest BCUT2D eigenvalue weighted by Gasteiger charge is -2.31. The lowest BCUT2D eigenvalue weighted by atomic mass is 10.2. The molecule has 0 saturated carbocycles. The topological polar surface area (TPSA) is 107 Å². The number of amides is 1. The summed E-state index contributed by atoms with van der Waals surface area (Å²) in [4.78, 5) is 28.6. The Bertz CT molecular complexity index is 877. The van der Waals surface area contributed by atoms with Gasteiger partial charge >= 0.3 is 0 Å². The molecule has 0 bridgehead atoms. The molecular weight excluding hydrogens is 398 g/mol. The smallest absolute Gasteiger partial charge is 0.293 e. The number of hydrogen-bond donors (Lipinski definition) is 0. The third-order valence-corrected chi connectivity index (χ3v) is 7.38. The van der Waals surface area contributed by atoms with E-state index in [1.165, 1.54) is 21.3 Å². The van der Waals surface area contributed by atoms with Crippen molar-refractivity contribution < 1.29 is 18.1 Å². The van der Waals surface area contributed by atoms with Crippen LogP contribution in [-0.4, -0.2) is 93.3 Å². The molecule has 2 saturated heterocycles. The lowest BCUT2D eigenvalue weighted by Crippen LogP contribution is -2.47. The second-order valence-corrected chi connectivity index (χ2v) is 9.50. The number of likely N-dealkylation sites (tertiary alicyclic amines) is 1. The molecule has 0 unspecified atom stereocenters. The number of likely N-dealkylation sites (N-methyl/N-ethyl adjacent to an activating group) is 2. The Morgan fingerprint density at radius 2 is 1.76 bits per heavy atom. The molecular formula is C18H27N5O5S. The number of benzene rings is 1. The Morgan fingerprint density at radius 1 is 1.14 bits per heavy atom. The number of piperazine rings is 1. The number of hydrogen-bond acceptors (Lipinski definition) is 7. The first-order valence-electron chi connectivity index (χ1n) is 9.66. The molecule has 10 nitrogen and oxygen atoms in total. The highest BCUT2D eigenvalue weighted by atomic mass is 32.2. The number of carbonyl (C=O) groups is 1. The predicted molar refractivity (Wildman–Crippen MR) is 108 cm³/mol. The molecule has 2 fully saturated rings. The number of nitrogens with zero attached hydrogens (tertiary/aromatic N) is 5. The minimum Gasteiger partial charge on any atom is -0.360 e. The Labute approximate surface area is 170 Å². The van der Waals surface area contributed by atoms with Crippen LogP contribution in [0.25, 0.3) is 0 Å². The van der Waals surface area contributed by atoms with E-state index in [2.05, 4.69) is 0 Å². The van der Waals surface area contributed by atoms with Crippen molar-refractivity contribution in [1.29, 1.82) is 0 Å². The van der Waals surface area contributed by atoms with Gasteiger partial charge in [0.1, 0.15) is 5.69 Å². The number of rotatable bonds is 6. The Balaban J connectivity index is 1.83. The van der Waals surface area contributed by atoms with Crippen molar-refractivity contribution in [3.05, 3.63) is 28.3 Å². The summed E-state index contributed by atoms with van der Waals surface area (Å²) in [5.74, 6) is -0.0894. The lowest BCUT2D eigenvalue weighted by molar-refractivity contribution is -0.384. The van der Waals surface area contributed by atoms with Gasteiger partial charge in [0.2, 0.25) is 15.9 Å². The Morgan fingerprint density at radius 3 is 2.34 bits per heavy atom. The molecule has 0 N–H and O–H groups in total. The highest BCUT2D eigenvalue weighted by Gasteiger charge is 2.30. The van der Waals surface area contributed by atoms with Gasteiger partial charge in [-0.25, -0.2) is 8.42 Å². The quantitative estimate of drug-likeness (QED) is 0.485. The van der Waals surface area contributed by atoms with Gasteiger partial charge in [0, 0.05) is 52.4 Å². The Hall–Kier alpha value is -2.24. The summed E-state index contributed by atoms with van der Waals surface area (Å²) >= 11 is 0. The van der Waals surface area contributed by atoms with Crippen molar-refractivity contribution in [3.63, 3.8) is 0 Å². The molecule has 0 aromatic heterocycles. The van der Waals surface area contributed by atoms with Crippen molar-refractivity contribution in [3.8, 4) is 0 Å². The highest BCUT2D eigenvalue weighted by Crippen LogP contribution is 2.31. The molecule has 0 spiro atoms. The van der Waals surface area contributed by atoms with Gasteiger partial charge in [-0.2, -0.15) is 4.31 Å². The summed E-state index contributed by atoms with van der Waals surface area (Å²) in [7, 11) is -0.290. The molecule has 1 amide bonds. The van der Waals surface area contributed by atoms with Gasteiger partial charge in [0.25, 0.3) is 5.69 Å². The second kappa shape index (κ2) is 8.64. The van der Waals surface area contributed by atoms with Crippen LogP contribution in [0.15, 0.2) is 23.1 Å². The van der Waals surface area contributed by atoms with Crippen LogP contribution < -0.4 is 4.90 Å². The van der Waals surface area contributed by atoms with Crippen molar-refractivity contribution in [2.45, 2.75) is 17.7 Å². The molecule has 0 radical (unpaired) electrons. The van der Waals surface area contributed by atoms with E-state index in [0.717, 1.165) is 18.9 Å². The molecule has 2 aliphatic heterocycles. The van der Waals surface area contributed by atoms with Gasteiger partial charge in [-0.05, 0) is 32.0 Å². The molecule has 0 atom stereocenters. The van der Waals surface area contributed by atoms with Crippen LogP contribution in [0.3, 0.4) is 0 Å². The largest absolute Gasteiger partial charge is 0.360 e. The van der Waals surface area contributed by atoms with Gasteiger partial charge in [-0.1, -0.05) is 0 Å².